The number of aromatic amines is 1. The summed E-state index contributed by atoms with van der Waals surface area (Å²) in [5, 5.41) is 13.6. The number of nitrogens with zero attached hydrogens (tertiary/aromatic N) is 4. The molecule has 2 heterocycles. The van der Waals surface area contributed by atoms with Crippen molar-refractivity contribution in [3.8, 4) is 11.4 Å². The first kappa shape index (κ1) is 19.9. The maximum absolute atomic E-state index is 13.7. The topological polar surface area (TPSA) is 102 Å². The number of hydrogen-bond acceptors (Lipinski definition) is 6. The molecule has 3 rings (SSSR count). The van der Waals surface area contributed by atoms with E-state index in [9.17, 15) is 9.18 Å². The van der Waals surface area contributed by atoms with Crippen LogP contribution in [0.4, 0.5) is 4.39 Å². The molecule has 0 aliphatic heterocycles. The molecule has 2 N–H and O–H groups in total. The number of benzene rings is 1. The van der Waals surface area contributed by atoms with Gasteiger partial charge in [-0.25, -0.2) is 4.39 Å². The minimum atomic E-state index is -0.326. The van der Waals surface area contributed by atoms with Crippen molar-refractivity contribution in [2.24, 2.45) is 0 Å². The van der Waals surface area contributed by atoms with E-state index in [0.717, 1.165) is 12.4 Å². The predicted octanol–water partition coefficient (Wildman–Crippen LogP) is 2.75. The van der Waals surface area contributed by atoms with Crippen LogP contribution in [-0.4, -0.2) is 37.4 Å². The van der Waals surface area contributed by atoms with Crippen molar-refractivity contribution >= 4 is 18.1 Å². The molecule has 0 radical (unpaired) electrons. The smallest absolute Gasteiger partial charge is 0.227 e. The van der Waals surface area contributed by atoms with Crippen LogP contribution in [0, 0.1) is 17.5 Å². The van der Waals surface area contributed by atoms with E-state index in [1.807, 2.05) is 11.5 Å². The Morgan fingerprint density at radius 2 is 2.21 bits per heavy atom. The van der Waals surface area contributed by atoms with Gasteiger partial charge in [0, 0.05) is 37.9 Å². The lowest BCUT2D eigenvalue weighted by Crippen LogP contribution is -2.26. The molecule has 0 saturated heterocycles. The lowest BCUT2D eigenvalue weighted by molar-refractivity contribution is -0.121. The normalized spacial score (nSPS) is 11.0. The summed E-state index contributed by atoms with van der Waals surface area (Å²) in [6.45, 7) is 4.85. The van der Waals surface area contributed by atoms with Crippen molar-refractivity contribution in [3.05, 3.63) is 46.1 Å². The summed E-state index contributed by atoms with van der Waals surface area (Å²) < 4.78 is 21.3. The number of amides is 1. The average molecular weight is 404 g/mol. The number of aryl methyl sites for hydroxylation is 2. The Balaban J connectivity index is 1.47. The minimum absolute atomic E-state index is 0.127. The van der Waals surface area contributed by atoms with Crippen molar-refractivity contribution in [1.82, 2.24) is 30.2 Å². The fourth-order valence-corrected chi connectivity index (χ4v) is 2.98. The number of nitrogens with one attached hydrogen (secondary N) is 2. The lowest BCUT2D eigenvalue weighted by atomic mass is 10.1. The molecule has 0 aliphatic rings. The third-order valence-corrected chi connectivity index (χ3v) is 4.60. The van der Waals surface area contributed by atoms with Gasteiger partial charge in [0.05, 0.1) is 0 Å². The largest absolute Gasteiger partial charge is 0.356 e. The Kier molecular flexibility index (Phi) is 6.30. The Morgan fingerprint density at radius 1 is 1.39 bits per heavy atom. The Hall–Kier alpha value is -2.88. The molecule has 2 aromatic heterocycles. The van der Waals surface area contributed by atoms with Gasteiger partial charge in [-0.05, 0) is 37.7 Å². The number of rotatable bonds is 8. The highest BCUT2D eigenvalue weighted by atomic mass is 32.1. The van der Waals surface area contributed by atoms with Gasteiger partial charge < -0.3 is 14.4 Å². The molecule has 3 aromatic rings. The molecule has 0 unspecified atom stereocenters. The van der Waals surface area contributed by atoms with Gasteiger partial charge in [0.1, 0.15) is 11.6 Å². The molecule has 0 fully saturated rings. The summed E-state index contributed by atoms with van der Waals surface area (Å²) in [4.78, 5) is 16.2. The quantitative estimate of drug-likeness (QED) is 0.560. The van der Waals surface area contributed by atoms with Gasteiger partial charge >= 0.3 is 0 Å². The summed E-state index contributed by atoms with van der Waals surface area (Å²) >= 11 is 5.13. The summed E-state index contributed by atoms with van der Waals surface area (Å²) in [5.74, 6) is 0.986. The first-order chi connectivity index (χ1) is 13.5. The Morgan fingerprint density at radius 3 is 2.96 bits per heavy atom. The van der Waals surface area contributed by atoms with Gasteiger partial charge in [0.15, 0.2) is 4.77 Å². The van der Waals surface area contributed by atoms with E-state index in [0.29, 0.717) is 47.0 Å². The Bertz CT molecular complexity index is 1030. The standard InChI is InChI=1S/C18H21FN6O2S/c1-3-25-14(22-23-18(25)28)8-9-20-15(26)6-7-16-21-17(24-27-16)12-5-4-11(2)13(19)10-12/h4-5,10H,3,6-9H2,1-2H3,(H,20,26)(H,23,28). The molecule has 148 valence electrons. The molecule has 0 saturated carbocycles. The van der Waals surface area contributed by atoms with Crippen molar-refractivity contribution < 1.29 is 13.7 Å². The van der Waals surface area contributed by atoms with Gasteiger partial charge in [-0.1, -0.05) is 17.3 Å². The van der Waals surface area contributed by atoms with Gasteiger partial charge in [-0.3, -0.25) is 9.89 Å². The number of aromatic nitrogens is 5. The predicted molar refractivity (Wildman–Crippen MR) is 103 cm³/mol. The molecule has 1 aromatic carbocycles. The molecule has 0 atom stereocenters. The average Bonchev–Trinajstić information content (AvgIpc) is 3.29. The molecule has 1 amide bonds. The first-order valence-corrected chi connectivity index (χ1v) is 9.38. The molecule has 10 heteroatoms. The van der Waals surface area contributed by atoms with Crippen LogP contribution in [0.3, 0.4) is 0 Å². The zero-order chi connectivity index (χ0) is 20.1. The van der Waals surface area contributed by atoms with E-state index in [4.69, 9.17) is 16.7 Å². The van der Waals surface area contributed by atoms with Crippen LogP contribution in [0.2, 0.25) is 0 Å². The SMILES string of the molecule is CCn1c(CCNC(=O)CCc2nc(-c3ccc(C)c(F)c3)no2)n[nH]c1=S. The highest BCUT2D eigenvalue weighted by Crippen LogP contribution is 2.19. The van der Waals surface area contributed by atoms with Crippen molar-refractivity contribution in [2.75, 3.05) is 6.54 Å². The summed E-state index contributed by atoms with van der Waals surface area (Å²) in [7, 11) is 0. The van der Waals surface area contributed by atoms with Gasteiger partial charge in [0.25, 0.3) is 0 Å². The monoisotopic (exact) mass is 404 g/mol. The number of carbonyl (C=O) groups is 1. The van der Waals surface area contributed by atoms with E-state index in [1.54, 1.807) is 19.1 Å². The fraction of sp³-hybridized carbons (Fsp3) is 0.389. The molecule has 0 spiro atoms. The number of H-pyrrole nitrogens is 1. The van der Waals surface area contributed by atoms with E-state index >= 15 is 0 Å². The van der Waals surface area contributed by atoms with Crippen LogP contribution in [0.25, 0.3) is 11.4 Å². The third kappa shape index (κ3) is 4.69. The Labute approximate surface area is 166 Å². The number of carbonyl (C=O) groups excluding carboxylic acids is 1. The van der Waals surface area contributed by atoms with Crippen molar-refractivity contribution in [1.29, 1.82) is 0 Å². The van der Waals surface area contributed by atoms with Crippen LogP contribution < -0.4 is 5.32 Å². The first-order valence-electron chi connectivity index (χ1n) is 8.97. The second-order valence-electron chi connectivity index (χ2n) is 6.26. The van der Waals surface area contributed by atoms with Crippen LogP contribution in [0.1, 0.15) is 30.6 Å². The fourth-order valence-electron chi connectivity index (χ4n) is 2.70. The number of hydrogen-bond donors (Lipinski definition) is 2. The molecular weight excluding hydrogens is 383 g/mol. The zero-order valence-electron chi connectivity index (χ0n) is 15.7. The van der Waals surface area contributed by atoms with E-state index in [-0.39, 0.29) is 18.1 Å². The highest BCUT2D eigenvalue weighted by molar-refractivity contribution is 7.71. The zero-order valence-corrected chi connectivity index (χ0v) is 16.5. The second kappa shape index (κ2) is 8.87. The van der Waals surface area contributed by atoms with Gasteiger partial charge in [-0.15, -0.1) is 0 Å². The van der Waals surface area contributed by atoms with E-state index in [1.165, 1.54) is 6.07 Å². The molecule has 28 heavy (non-hydrogen) atoms. The molecule has 0 aliphatic carbocycles. The molecule has 8 nitrogen and oxygen atoms in total. The van der Waals surface area contributed by atoms with Crippen molar-refractivity contribution in [2.45, 2.75) is 39.7 Å². The van der Waals surface area contributed by atoms with Gasteiger partial charge in [-0.2, -0.15) is 10.1 Å². The minimum Gasteiger partial charge on any atom is -0.356 e. The van der Waals surface area contributed by atoms with E-state index in [2.05, 4.69) is 25.7 Å². The molecular formula is C18H21FN6O2S. The maximum Gasteiger partial charge on any atom is 0.227 e. The van der Waals surface area contributed by atoms with Crippen LogP contribution in [0.15, 0.2) is 22.7 Å². The van der Waals surface area contributed by atoms with E-state index < -0.39 is 0 Å². The van der Waals surface area contributed by atoms with Crippen LogP contribution >= 0.6 is 12.2 Å². The highest BCUT2D eigenvalue weighted by Gasteiger charge is 2.12. The third-order valence-electron chi connectivity index (χ3n) is 4.29. The number of halogens is 1. The van der Waals surface area contributed by atoms with Gasteiger partial charge in [0.2, 0.25) is 17.6 Å². The second-order valence-corrected chi connectivity index (χ2v) is 6.65. The molecule has 0 bridgehead atoms. The van der Waals surface area contributed by atoms with Crippen LogP contribution in [0.5, 0.6) is 0 Å². The summed E-state index contributed by atoms with van der Waals surface area (Å²) in [6.07, 6.45) is 1.10. The van der Waals surface area contributed by atoms with Crippen molar-refractivity contribution in [3.63, 3.8) is 0 Å². The maximum atomic E-state index is 13.7. The lowest BCUT2D eigenvalue weighted by Gasteiger charge is -2.05. The van der Waals surface area contributed by atoms with Crippen LogP contribution in [-0.2, 0) is 24.2 Å². The summed E-state index contributed by atoms with van der Waals surface area (Å²) in [6, 6.07) is 4.75. The summed E-state index contributed by atoms with van der Waals surface area (Å²) in [5.41, 5.74) is 1.08.